The number of aryl methyl sites for hydroxylation is 2. The van der Waals surface area contributed by atoms with Crippen LogP contribution in [0.3, 0.4) is 0 Å². The number of nitrogens with zero attached hydrogens (tertiary/aromatic N) is 3. The van der Waals surface area contributed by atoms with Crippen molar-refractivity contribution >= 4 is 111 Å². The molecule has 3 heterocycles. The number of amides is 14. The molecular weight excluding hydrogens is 1660 g/mol. The van der Waals surface area contributed by atoms with Crippen LogP contribution in [0.5, 0.6) is 5.75 Å². The number of carbonyl (C=O) groups is 17. The maximum Gasteiger partial charge on any atom is 0.303 e. The van der Waals surface area contributed by atoms with Crippen LogP contribution in [-0.2, 0) is 114 Å². The first-order valence-electron chi connectivity index (χ1n) is 43.1. The summed E-state index contributed by atoms with van der Waals surface area (Å²) in [4.78, 5) is 243. The molecule has 23 N–H and O–H groups in total. The Balaban J connectivity index is 1.30. The van der Waals surface area contributed by atoms with Crippen molar-refractivity contribution in [2.24, 2.45) is 23.3 Å². The lowest BCUT2D eigenvalue weighted by atomic mass is 9.80. The molecule has 3 aromatic carbocycles. The van der Waals surface area contributed by atoms with Gasteiger partial charge in [0.2, 0.25) is 94.3 Å². The van der Waals surface area contributed by atoms with E-state index >= 15 is 28.8 Å². The normalized spacial score (nSPS) is 22.5. The fourth-order valence-electron chi connectivity index (χ4n) is 14.7. The third kappa shape index (κ3) is 31.7. The SMILES string of the molecule is CC(=O)N[C@@H](CC(C)C)C(=O)N[C@H](C(=O)N[C@@H](Cc1ccccc1)C(=O)NC1(C)CCCCCCn2cc(nn2)CCC[C@@](C)(C(=O)NC(CO)C(=O)N[C@@H](C)C(=O)NC(C)C(N)=O)NC(=O)[C@H](CC2CCC2)NN[C@@H](CCC(N)=O)C(=O)C(=O)C(C)NC(=O)[C@H](Cc2c[nH]c3ccccc23)NC(=O)C(Cc2ccc(O)cc2)NC(=O)[C@H](CCC(=O)O)NC1=O)[C@@H](C)O. The number of aliphatic carboxylic acids is 1. The molecule has 5 aromatic rings. The standard InChI is InChI=1S/C87H124N20O21/c1-47(2)39-63(94-52(7)110)79(122)100-71(51(6)109)83(126)97-65(40-53-21-13-12-14-22-53)81(124)101-86(8)36-17-10-11-18-38-107-45-57(103-106-107)25-20-37-87(9,85(128)99-68(46-108)80(123)93-50(5)75(118)92-49(4)74(89)117)102-82(125)67(42-54-23-19-24-54)105-104-61(32-34-69(88)112)73(116)72(115)48(3)91-77(120)66(43-56-44-90-60-27-16-15-26-59(56)60)96-78(121)64(41-55-28-30-58(111)31-29-55)95-76(119)62(98-84(86)127)33-35-70(113)114/h12-16,21-22,26-31,44-45,47-51,54,61-68,71,90,104-105,108-109,111H,10-11,17-20,23-25,32-43,46H2,1-9H3,(H2,88,112)(H2,89,117)(H,91,120)(H,92,118)(H,93,123)(H,94,110)(H,95,119)(H,96,121)(H,97,126)(H,98,127)(H,99,128)(H,100,122)(H,101,124)(H,102,125)(H,113,114)/t48?,49?,50-,51+,61-,62-,63-,64?,65-,66-,67-,68?,71-,86?,87-/m0/s1. The molecular formula is C87H124N20O21. The van der Waals surface area contributed by atoms with Crippen LogP contribution in [0, 0.1) is 11.8 Å². The number of para-hydroxylation sites is 1. The number of fused-ring (bicyclic) bond motifs is 3. The third-order valence-electron chi connectivity index (χ3n) is 22.6. The van der Waals surface area contributed by atoms with Gasteiger partial charge in [-0.3, -0.25) is 86.2 Å². The quantitative estimate of drug-likeness (QED) is 0.0215. The highest BCUT2D eigenvalue weighted by Crippen LogP contribution is 2.31. The number of aromatic amines is 1. The number of aromatic nitrogens is 4. The minimum Gasteiger partial charge on any atom is -0.508 e. The Morgan fingerprint density at radius 1 is 0.602 bits per heavy atom. The van der Waals surface area contributed by atoms with Crippen molar-refractivity contribution in [1.82, 2.24) is 94.6 Å². The number of ketones is 2. The molecule has 41 heteroatoms. The summed E-state index contributed by atoms with van der Waals surface area (Å²) in [5.74, 6) is -17.6. The average Bonchev–Trinajstić information content (AvgIpc) is 1.48. The summed E-state index contributed by atoms with van der Waals surface area (Å²) < 4.78 is 1.55. The van der Waals surface area contributed by atoms with Crippen molar-refractivity contribution < 1.29 is 102 Å². The number of benzene rings is 3. The summed E-state index contributed by atoms with van der Waals surface area (Å²) in [6, 6.07) is 1.92. The third-order valence-corrected chi connectivity index (χ3v) is 22.6. The first-order chi connectivity index (χ1) is 60.5. The fourth-order valence-corrected chi connectivity index (χ4v) is 14.7. The van der Waals surface area contributed by atoms with E-state index in [9.17, 15) is 73.2 Å². The molecule has 0 saturated heterocycles. The van der Waals surface area contributed by atoms with Crippen molar-refractivity contribution in [3.8, 4) is 5.75 Å². The number of nitrogens with two attached hydrogens (primary N) is 2. The fraction of sp³-hybridized carbons (Fsp3) is 0.552. The van der Waals surface area contributed by atoms with Gasteiger partial charge in [-0.05, 0) is 146 Å². The largest absolute Gasteiger partial charge is 0.508 e. The number of Topliss-reactive ketones (excluding diaryl/α,β-unsaturated/α-hetero) is 2. The van der Waals surface area contributed by atoms with E-state index in [4.69, 9.17) is 11.5 Å². The molecule has 2 bridgehead atoms. The van der Waals surface area contributed by atoms with E-state index < -0.39 is 229 Å². The van der Waals surface area contributed by atoms with E-state index in [-0.39, 0.29) is 81.9 Å². The number of hydrogen-bond acceptors (Lipinski definition) is 24. The topological polar surface area (TPSA) is 638 Å². The zero-order valence-electron chi connectivity index (χ0n) is 73.6. The van der Waals surface area contributed by atoms with Gasteiger partial charge in [-0.15, -0.1) is 5.10 Å². The Kier molecular flexibility index (Phi) is 39.1. The highest BCUT2D eigenvalue weighted by Gasteiger charge is 2.44. The second-order valence-electron chi connectivity index (χ2n) is 34.0. The van der Waals surface area contributed by atoms with E-state index in [0.29, 0.717) is 65.4 Å². The van der Waals surface area contributed by atoms with Crippen molar-refractivity contribution in [2.45, 2.75) is 287 Å². The van der Waals surface area contributed by atoms with Crippen LogP contribution in [0.1, 0.15) is 187 Å². The number of aliphatic hydroxyl groups is 2. The maximum atomic E-state index is 15.6. The zero-order valence-corrected chi connectivity index (χ0v) is 73.6. The lowest BCUT2D eigenvalue weighted by Crippen LogP contribution is -2.65. The van der Waals surface area contributed by atoms with Gasteiger partial charge in [0.25, 0.3) is 0 Å². The van der Waals surface area contributed by atoms with Crippen LogP contribution < -0.4 is 86.1 Å². The van der Waals surface area contributed by atoms with Crippen molar-refractivity contribution in [3.63, 3.8) is 0 Å². The van der Waals surface area contributed by atoms with Crippen molar-refractivity contribution in [1.29, 1.82) is 0 Å². The van der Waals surface area contributed by atoms with Crippen LogP contribution in [0.15, 0.2) is 91.3 Å². The number of aliphatic hydroxyl groups excluding tert-OH is 2. The predicted molar refractivity (Wildman–Crippen MR) is 464 cm³/mol. The lowest BCUT2D eigenvalue weighted by molar-refractivity contribution is -0.141. The van der Waals surface area contributed by atoms with Gasteiger partial charge in [-0.1, -0.05) is 118 Å². The first kappa shape index (κ1) is 102. The number of phenolic OH excluding ortho intramolecular Hbond substituents is 1. The van der Waals surface area contributed by atoms with Crippen LogP contribution >= 0.6 is 0 Å². The number of primary amides is 2. The summed E-state index contributed by atoms with van der Waals surface area (Å²) in [5.41, 5.74) is 14.7. The van der Waals surface area contributed by atoms with E-state index in [2.05, 4.69) is 89.9 Å². The Bertz CT molecular complexity index is 4730. The Morgan fingerprint density at radius 3 is 1.86 bits per heavy atom. The monoisotopic (exact) mass is 1780 g/mol. The van der Waals surface area contributed by atoms with Gasteiger partial charge in [0.15, 0.2) is 0 Å². The van der Waals surface area contributed by atoms with Gasteiger partial charge in [-0.2, -0.15) is 0 Å². The Hall–Kier alpha value is -12.6. The minimum atomic E-state index is -2.10. The smallest absolute Gasteiger partial charge is 0.303 e. The Labute approximate surface area is 740 Å². The van der Waals surface area contributed by atoms with E-state index in [1.165, 1.54) is 72.7 Å². The molecule has 0 spiro atoms. The highest BCUT2D eigenvalue weighted by molar-refractivity contribution is 6.41. The minimum absolute atomic E-state index is 0.0654. The van der Waals surface area contributed by atoms with Gasteiger partial charge in [-0.25, -0.2) is 10.9 Å². The molecule has 1 fully saturated rings. The maximum absolute atomic E-state index is 15.6. The van der Waals surface area contributed by atoms with Gasteiger partial charge in [0.1, 0.15) is 77.2 Å². The second-order valence-corrected chi connectivity index (χ2v) is 34.0. The summed E-state index contributed by atoms with van der Waals surface area (Å²) in [6.45, 7) is 11.7. The summed E-state index contributed by atoms with van der Waals surface area (Å²) >= 11 is 0. The average molecular weight is 1790 g/mol. The number of hydrazine groups is 1. The Morgan fingerprint density at radius 2 is 1.23 bits per heavy atom. The molecule has 698 valence electrons. The molecule has 7 rings (SSSR count). The highest BCUT2D eigenvalue weighted by atomic mass is 16.4. The molecule has 41 nitrogen and oxygen atoms in total. The molecule has 1 aliphatic heterocycles. The number of carbonyl (C=O) groups excluding carboxylic acids is 16. The van der Waals surface area contributed by atoms with Crippen LogP contribution in [0.25, 0.3) is 10.9 Å². The molecule has 2 aromatic heterocycles. The van der Waals surface area contributed by atoms with Crippen LogP contribution in [-0.4, -0.2) is 237 Å². The van der Waals surface area contributed by atoms with Gasteiger partial charge in [0, 0.05) is 68.9 Å². The van der Waals surface area contributed by atoms with E-state index in [1.807, 2.05) is 0 Å². The van der Waals surface area contributed by atoms with Gasteiger partial charge >= 0.3 is 5.97 Å². The zero-order chi connectivity index (χ0) is 94.3. The first-order valence-corrected chi connectivity index (χ1v) is 43.1. The second kappa shape index (κ2) is 48.9. The molecule has 0 radical (unpaired) electrons. The molecule has 15 atom stereocenters. The molecule has 128 heavy (non-hydrogen) atoms. The summed E-state index contributed by atoms with van der Waals surface area (Å²) in [6.07, 6.45) is 1.64. The van der Waals surface area contributed by atoms with Crippen LogP contribution in [0.4, 0.5) is 0 Å². The van der Waals surface area contributed by atoms with Crippen molar-refractivity contribution in [2.75, 3.05) is 6.61 Å². The number of phenols is 1. The molecule has 1 saturated carbocycles. The summed E-state index contributed by atoms with van der Waals surface area (Å²) in [5, 5.41) is 82.6. The number of hydrogen-bond donors (Lipinski definition) is 21. The molecule has 1 aliphatic carbocycles. The number of nitrogens with one attached hydrogen (secondary N) is 15. The molecule has 5 unspecified atom stereocenters. The van der Waals surface area contributed by atoms with Gasteiger partial charge < -0.3 is 101 Å². The number of aromatic hydroxyl groups is 1. The predicted octanol–water partition coefficient (Wildman–Crippen LogP) is -1.65. The molecule has 2 aliphatic rings. The van der Waals surface area contributed by atoms with Gasteiger partial charge in [0.05, 0.1) is 30.5 Å². The lowest BCUT2D eigenvalue weighted by Gasteiger charge is -2.35. The van der Waals surface area contributed by atoms with E-state index in [1.54, 1.807) is 85.5 Å². The van der Waals surface area contributed by atoms with Crippen LogP contribution in [0.2, 0.25) is 0 Å². The number of carboxylic acids is 1. The van der Waals surface area contributed by atoms with Crippen molar-refractivity contribution in [3.05, 3.63) is 114 Å². The molecule has 14 amide bonds. The van der Waals surface area contributed by atoms with E-state index in [0.717, 1.165) is 6.42 Å². The summed E-state index contributed by atoms with van der Waals surface area (Å²) in [7, 11) is 0. The number of rotatable bonds is 32. The number of carboxylic acid groups (broad SMARTS) is 1. The number of H-pyrrole nitrogens is 1.